The van der Waals surface area contributed by atoms with E-state index in [2.05, 4.69) is 15.9 Å². The SMILES string of the molecule is CCS(=O)(=O)N(CC(=O)O)c1c(F)cc(F)cc1Br. The van der Waals surface area contributed by atoms with Gasteiger partial charge in [0.15, 0.2) is 5.82 Å². The molecule has 0 radical (unpaired) electrons. The van der Waals surface area contributed by atoms with Gasteiger partial charge in [-0.25, -0.2) is 17.2 Å². The molecule has 106 valence electrons. The number of halogens is 3. The fourth-order valence-corrected chi connectivity index (χ4v) is 3.19. The van der Waals surface area contributed by atoms with Crippen molar-refractivity contribution in [2.45, 2.75) is 6.92 Å². The quantitative estimate of drug-likeness (QED) is 0.873. The number of sulfonamides is 1. The van der Waals surface area contributed by atoms with Crippen molar-refractivity contribution >= 4 is 37.6 Å². The number of carboxylic acid groups (broad SMARTS) is 1. The van der Waals surface area contributed by atoms with Crippen molar-refractivity contribution in [2.75, 3.05) is 16.6 Å². The molecule has 0 aromatic heterocycles. The van der Waals surface area contributed by atoms with E-state index in [-0.39, 0.29) is 4.47 Å². The Morgan fingerprint density at radius 2 is 2.00 bits per heavy atom. The van der Waals surface area contributed by atoms with Crippen molar-refractivity contribution in [1.82, 2.24) is 0 Å². The monoisotopic (exact) mass is 357 g/mol. The summed E-state index contributed by atoms with van der Waals surface area (Å²) in [7, 11) is -4.01. The number of hydrogen-bond acceptors (Lipinski definition) is 3. The summed E-state index contributed by atoms with van der Waals surface area (Å²) in [4.78, 5) is 10.7. The highest BCUT2D eigenvalue weighted by atomic mass is 79.9. The van der Waals surface area contributed by atoms with Gasteiger partial charge in [0, 0.05) is 10.5 Å². The van der Waals surface area contributed by atoms with Crippen LogP contribution in [-0.2, 0) is 14.8 Å². The van der Waals surface area contributed by atoms with Crippen molar-refractivity contribution in [1.29, 1.82) is 0 Å². The Kier molecular flexibility index (Phi) is 4.86. The fraction of sp³-hybridized carbons (Fsp3) is 0.300. The van der Waals surface area contributed by atoms with Gasteiger partial charge in [-0.2, -0.15) is 0 Å². The summed E-state index contributed by atoms with van der Waals surface area (Å²) in [5.41, 5.74) is -0.523. The molecule has 1 rings (SSSR count). The summed E-state index contributed by atoms with van der Waals surface area (Å²) in [5.74, 6) is -3.93. The molecule has 0 saturated carbocycles. The van der Waals surface area contributed by atoms with Gasteiger partial charge in [-0.3, -0.25) is 9.10 Å². The van der Waals surface area contributed by atoms with Crippen LogP contribution in [0.3, 0.4) is 0 Å². The smallest absolute Gasteiger partial charge is 0.324 e. The van der Waals surface area contributed by atoms with Gasteiger partial charge >= 0.3 is 5.97 Å². The van der Waals surface area contributed by atoms with E-state index in [1.165, 1.54) is 6.92 Å². The van der Waals surface area contributed by atoms with Crippen molar-refractivity contribution in [3.05, 3.63) is 28.2 Å². The molecule has 1 aromatic carbocycles. The Labute approximate surface area is 117 Å². The second-order valence-corrected chi connectivity index (χ2v) is 6.56. The molecule has 0 aliphatic rings. The third-order valence-corrected chi connectivity index (χ3v) is 4.53. The summed E-state index contributed by atoms with van der Waals surface area (Å²) in [5, 5.41) is 8.72. The standard InChI is InChI=1S/C10H10BrF2NO4S/c1-2-19(17,18)14(5-9(15)16)10-7(11)3-6(12)4-8(10)13/h3-4H,2,5H2,1H3,(H,15,16). The largest absolute Gasteiger partial charge is 0.480 e. The molecule has 0 fully saturated rings. The third-order valence-electron chi connectivity index (χ3n) is 2.21. The molecular formula is C10H10BrF2NO4S. The Balaban J connectivity index is 3.46. The van der Waals surface area contributed by atoms with Crippen LogP contribution in [0.15, 0.2) is 16.6 Å². The average Bonchev–Trinajstić information content (AvgIpc) is 2.25. The van der Waals surface area contributed by atoms with Crippen molar-refractivity contribution < 1.29 is 27.1 Å². The fourth-order valence-electron chi connectivity index (χ4n) is 1.37. The number of benzene rings is 1. The number of carbonyl (C=O) groups is 1. The first-order chi connectivity index (χ1) is 8.69. The van der Waals surface area contributed by atoms with Crippen LogP contribution in [0, 0.1) is 11.6 Å². The van der Waals surface area contributed by atoms with Gasteiger partial charge in [-0.15, -0.1) is 0 Å². The van der Waals surface area contributed by atoms with E-state index < -0.39 is 45.6 Å². The molecule has 19 heavy (non-hydrogen) atoms. The van der Waals surface area contributed by atoms with E-state index in [4.69, 9.17) is 5.11 Å². The van der Waals surface area contributed by atoms with Crippen LogP contribution >= 0.6 is 15.9 Å². The van der Waals surface area contributed by atoms with Gasteiger partial charge in [0.25, 0.3) is 0 Å². The topological polar surface area (TPSA) is 74.7 Å². The van der Waals surface area contributed by atoms with Gasteiger partial charge in [0.05, 0.1) is 5.75 Å². The van der Waals surface area contributed by atoms with Gasteiger partial charge in [-0.1, -0.05) is 0 Å². The predicted octanol–water partition coefficient (Wildman–Crippen LogP) is 1.97. The number of carboxylic acids is 1. The predicted molar refractivity (Wildman–Crippen MR) is 68.5 cm³/mol. The minimum Gasteiger partial charge on any atom is -0.480 e. The average molecular weight is 358 g/mol. The van der Waals surface area contributed by atoms with Crippen molar-refractivity contribution in [3.8, 4) is 0 Å². The van der Waals surface area contributed by atoms with Gasteiger partial charge in [-0.05, 0) is 28.9 Å². The number of rotatable bonds is 5. The van der Waals surface area contributed by atoms with Crippen LogP contribution in [0.4, 0.5) is 14.5 Å². The number of nitrogens with zero attached hydrogens (tertiary/aromatic N) is 1. The maximum atomic E-state index is 13.7. The normalized spacial score (nSPS) is 11.4. The summed E-state index contributed by atoms with van der Waals surface area (Å²) in [6, 6.07) is 1.35. The van der Waals surface area contributed by atoms with E-state index in [1.807, 2.05) is 0 Å². The highest BCUT2D eigenvalue weighted by Crippen LogP contribution is 2.32. The second kappa shape index (κ2) is 5.83. The molecule has 0 saturated heterocycles. The second-order valence-electron chi connectivity index (χ2n) is 3.52. The molecule has 1 aromatic rings. The minimum absolute atomic E-state index is 0.178. The lowest BCUT2D eigenvalue weighted by Gasteiger charge is -2.23. The number of aliphatic carboxylic acids is 1. The Morgan fingerprint density at radius 1 is 1.42 bits per heavy atom. The molecule has 0 spiro atoms. The zero-order chi connectivity index (χ0) is 14.8. The van der Waals surface area contributed by atoms with E-state index in [1.54, 1.807) is 0 Å². The van der Waals surface area contributed by atoms with Crippen molar-refractivity contribution in [2.24, 2.45) is 0 Å². The molecule has 0 atom stereocenters. The molecule has 9 heteroatoms. The Bertz CT molecular complexity index is 583. The van der Waals surface area contributed by atoms with E-state index in [9.17, 15) is 22.0 Å². The first kappa shape index (κ1) is 15.8. The Hall–Kier alpha value is -1.22. The molecule has 0 heterocycles. The maximum Gasteiger partial charge on any atom is 0.324 e. The van der Waals surface area contributed by atoms with Crippen LogP contribution in [0.5, 0.6) is 0 Å². The Morgan fingerprint density at radius 3 is 2.42 bits per heavy atom. The lowest BCUT2D eigenvalue weighted by molar-refractivity contribution is -0.135. The zero-order valence-corrected chi connectivity index (χ0v) is 12.1. The van der Waals surface area contributed by atoms with Crippen LogP contribution < -0.4 is 4.31 Å². The third kappa shape index (κ3) is 3.63. The van der Waals surface area contributed by atoms with Gasteiger partial charge in [0.1, 0.15) is 18.0 Å². The lowest BCUT2D eigenvalue weighted by atomic mass is 10.3. The number of anilines is 1. The zero-order valence-electron chi connectivity index (χ0n) is 9.73. The first-order valence-corrected chi connectivity index (χ1v) is 7.46. The molecular weight excluding hydrogens is 348 g/mol. The van der Waals surface area contributed by atoms with Crippen molar-refractivity contribution in [3.63, 3.8) is 0 Å². The summed E-state index contributed by atoms with van der Waals surface area (Å²) in [6.07, 6.45) is 0. The number of hydrogen-bond donors (Lipinski definition) is 1. The highest BCUT2D eigenvalue weighted by molar-refractivity contribution is 9.10. The lowest BCUT2D eigenvalue weighted by Crippen LogP contribution is -2.37. The molecule has 0 amide bonds. The van der Waals surface area contributed by atoms with E-state index in [0.717, 1.165) is 6.07 Å². The molecule has 0 unspecified atom stereocenters. The van der Waals surface area contributed by atoms with Crippen LogP contribution in [0.2, 0.25) is 0 Å². The van der Waals surface area contributed by atoms with Gasteiger partial charge < -0.3 is 5.11 Å². The summed E-state index contributed by atoms with van der Waals surface area (Å²) >= 11 is 2.83. The molecule has 1 N–H and O–H groups in total. The van der Waals surface area contributed by atoms with E-state index >= 15 is 0 Å². The first-order valence-electron chi connectivity index (χ1n) is 5.05. The maximum absolute atomic E-state index is 13.7. The minimum atomic E-state index is -4.01. The summed E-state index contributed by atoms with van der Waals surface area (Å²) < 4.78 is 50.5. The molecule has 0 aliphatic carbocycles. The molecule has 0 bridgehead atoms. The summed E-state index contributed by atoms with van der Waals surface area (Å²) in [6.45, 7) is 0.344. The van der Waals surface area contributed by atoms with Crippen LogP contribution in [0.25, 0.3) is 0 Å². The van der Waals surface area contributed by atoms with E-state index in [0.29, 0.717) is 10.4 Å². The van der Waals surface area contributed by atoms with Crippen LogP contribution in [0.1, 0.15) is 6.92 Å². The molecule has 5 nitrogen and oxygen atoms in total. The van der Waals surface area contributed by atoms with Gasteiger partial charge in [0.2, 0.25) is 10.0 Å². The van der Waals surface area contributed by atoms with Crippen LogP contribution in [-0.4, -0.2) is 31.8 Å². The molecule has 0 aliphatic heterocycles. The highest BCUT2D eigenvalue weighted by Gasteiger charge is 2.28.